The summed E-state index contributed by atoms with van der Waals surface area (Å²) in [7, 11) is -3.65. The summed E-state index contributed by atoms with van der Waals surface area (Å²) in [6.07, 6.45) is 8.12. The minimum absolute atomic E-state index is 0.162. The molecule has 1 heterocycles. The third kappa shape index (κ3) is 3.40. The molecule has 1 unspecified atom stereocenters. The smallest absolute Gasteiger partial charge is 0.243 e. The van der Waals surface area contributed by atoms with Crippen LogP contribution in [-0.2, 0) is 21.4 Å². The third-order valence-corrected chi connectivity index (χ3v) is 4.36. The average molecular weight is 284 g/mol. The van der Waals surface area contributed by atoms with Crippen LogP contribution in [0, 0.1) is 5.41 Å². The summed E-state index contributed by atoms with van der Waals surface area (Å²) < 4.78 is 27.2. The Balaban J connectivity index is 1.93. The van der Waals surface area contributed by atoms with E-state index in [1.807, 2.05) is 6.08 Å². The molecule has 0 saturated heterocycles. The van der Waals surface area contributed by atoms with Crippen LogP contribution in [0.4, 0.5) is 0 Å². The minimum atomic E-state index is -3.65. The molecule has 1 N–H and O–H groups in total. The highest BCUT2D eigenvalue weighted by atomic mass is 32.2. The number of hydrogen-bond donors (Lipinski definition) is 1. The Morgan fingerprint density at radius 3 is 2.89 bits per heavy atom. The Bertz CT molecular complexity index is 579. The zero-order chi connectivity index (χ0) is 13.9. The Labute approximate surface area is 111 Å². The van der Waals surface area contributed by atoms with Gasteiger partial charge in [0, 0.05) is 6.20 Å². The van der Waals surface area contributed by atoms with Crippen LogP contribution in [0.5, 0.6) is 0 Å². The Morgan fingerprint density at radius 2 is 2.32 bits per heavy atom. The highest BCUT2D eigenvalue weighted by molar-refractivity contribution is 7.90. The highest BCUT2D eigenvalue weighted by Crippen LogP contribution is 2.31. The number of amides is 1. The summed E-state index contributed by atoms with van der Waals surface area (Å²) in [5.74, 6) is -0.679. The highest BCUT2D eigenvalue weighted by Gasteiger charge is 2.34. The molecule has 0 radical (unpaired) electrons. The van der Waals surface area contributed by atoms with Gasteiger partial charge in [0.05, 0.1) is 23.9 Å². The molecule has 0 aromatic carbocycles. The maximum absolute atomic E-state index is 12.0. The van der Waals surface area contributed by atoms with E-state index >= 15 is 0 Å². The summed E-state index contributed by atoms with van der Waals surface area (Å²) in [4.78, 5) is 12.0. The quantitative estimate of drug-likeness (QED) is 0.773. The first-order valence-corrected chi connectivity index (χ1v) is 7.63. The van der Waals surface area contributed by atoms with Gasteiger partial charge in [0.1, 0.15) is 0 Å². The van der Waals surface area contributed by atoms with Crippen LogP contribution < -0.4 is 4.72 Å². The van der Waals surface area contributed by atoms with Gasteiger partial charge in [-0.05, 0) is 19.8 Å². The number of carbonyl (C=O) groups excluding carboxylic acids is 1. The topological polar surface area (TPSA) is 94.0 Å². The molecule has 7 nitrogen and oxygen atoms in total. The normalized spacial score (nSPS) is 22.6. The maximum atomic E-state index is 12.0. The molecule has 1 aliphatic rings. The van der Waals surface area contributed by atoms with Gasteiger partial charge in [0.15, 0.2) is 0 Å². The Hall–Kier alpha value is -1.70. The lowest BCUT2D eigenvalue weighted by Crippen LogP contribution is -2.41. The van der Waals surface area contributed by atoms with Crippen molar-refractivity contribution < 1.29 is 13.2 Å². The third-order valence-electron chi connectivity index (χ3n) is 3.14. The number of sulfonamides is 1. The van der Waals surface area contributed by atoms with Gasteiger partial charge in [-0.3, -0.25) is 14.2 Å². The van der Waals surface area contributed by atoms with Crippen LogP contribution in [0.3, 0.4) is 0 Å². The van der Waals surface area contributed by atoms with E-state index in [-0.39, 0.29) is 12.3 Å². The van der Waals surface area contributed by atoms with Crippen molar-refractivity contribution in [2.24, 2.45) is 5.41 Å². The van der Waals surface area contributed by atoms with Gasteiger partial charge in [-0.2, -0.15) is 0 Å². The van der Waals surface area contributed by atoms with Crippen LogP contribution in [-0.4, -0.2) is 35.1 Å². The first-order valence-electron chi connectivity index (χ1n) is 5.98. The van der Waals surface area contributed by atoms with E-state index in [9.17, 15) is 13.2 Å². The van der Waals surface area contributed by atoms with Crippen LogP contribution in [0.15, 0.2) is 24.5 Å². The van der Waals surface area contributed by atoms with E-state index in [0.29, 0.717) is 6.42 Å². The van der Waals surface area contributed by atoms with Crippen LogP contribution in [0.25, 0.3) is 0 Å². The molecule has 0 saturated carbocycles. The Kier molecular flexibility index (Phi) is 3.70. The van der Waals surface area contributed by atoms with E-state index < -0.39 is 21.3 Å². The molecule has 1 aromatic heterocycles. The molecule has 8 heteroatoms. The van der Waals surface area contributed by atoms with Crippen molar-refractivity contribution >= 4 is 15.9 Å². The second-order valence-electron chi connectivity index (χ2n) is 4.77. The second kappa shape index (κ2) is 5.12. The first-order chi connectivity index (χ1) is 8.91. The van der Waals surface area contributed by atoms with E-state index in [2.05, 4.69) is 15.0 Å². The summed E-state index contributed by atoms with van der Waals surface area (Å²) in [6.45, 7) is 1.90. The molecule has 1 aliphatic carbocycles. The van der Waals surface area contributed by atoms with E-state index in [4.69, 9.17) is 0 Å². The molecule has 19 heavy (non-hydrogen) atoms. The molecule has 0 aliphatic heterocycles. The van der Waals surface area contributed by atoms with Gasteiger partial charge >= 0.3 is 0 Å². The number of allylic oxidation sites excluding steroid dienone is 1. The largest absolute Gasteiger partial charge is 0.273 e. The Morgan fingerprint density at radius 1 is 1.53 bits per heavy atom. The molecular weight excluding hydrogens is 268 g/mol. The van der Waals surface area contributed by atoms with Crippen LogP contribution in [0.2, 0.25) is 0 Å². The van der Waals surface area contributed by atoms with Gasteiger partial charge in [-0.25, -0.2) is 8.42 Å². The molecule has 2 rings (SSSR count). The molecule has 0 spiro atoms. The van der Waals surface area contributed by atoms with Crippen LogP contribution >= 0.6 is 0 Å². The molecule has 1 amide bonds. The predicted molar refractivity (Wildman–Crippen MR) is 68.4 cm³/mol. The lowest BCUT2D eigenvalue weighted by molar-refractivity contribution is -0.125. The zero-order valence-corrected chi connectivity index (χ0v) is 11.4. The van der Waals surface area contributed by atoms with Gasteiger partial charge in [-0.15, -0.1) is 5.10 Å². The van der Waals surface area contributed by atoms with Crippen molar-refractivity contribution in [3.05, 3.63) is 24.5 Å². The van der Waals surface area contributed by atoms with E-state index in [0.717, 1.165) is 6.42 Å². The fourth-order valence-electron chi connectivity index (χ4n) is 1.87. The van der Waals surface area contributed by atoms with Gasteiger partial charge in [0.25, 0.3) is 0 Å². The fraction of sp³-hybridized carbons (Fsp3) is 0.545. The summed E-state index contributed by atoms with van der Waals surface area (Å²) in [6, 6.07) is 0. The first kappa shape index (κ1) is 13.7. The van der Waals surface area contributed by atoms with Crippen molar-refractivity contribution in [1.29, 1.82) is 0 Å². The van der Waals surface area contributed by atoms with Gasteiger partial charge in [-0.1, -0.05) is 17.4 Å². The zero-order valence-electron chi connectivity index (χ0n) is 10.6. The predicted octanol–water partition coefficient (Wildman–Crippen LogP) is 0.0804. The molecule has 0 fully saturated rings. The summed E-state index contributed by atoms with van der Waals surface area (Å²) in [5, 5.41) is 7.25. The number of aryl methyl sites for hydroxylation is 1. The fourth-order valence-corrected chi connectivity index (χ4v) is 2.92. The molecular formula is C11H16N4O3S. The number of carbonyl (C=O) groups is 1. The number of nitrogens with zero attached hydrogens (tertiary/aromatic N) is 3. The molecule has 0 bridgehead atoms. The second-order valence-corrected chi connectivity index (χ2v) is 6.62. The van der Waals surface area contributed by atoms with Crippen molar-refractivity contribution in [1.82, 2.24) is 19.7 Å². The van der Waals surface area contributed by atoms with E-state index in [1.165, 1.54) is 10.9 Å². The van der Waals surface area contributed by atoms with Crippen molar-refractivity contribution in [3.63, 3.8) is 0 Å². The summed E-state index contributed by atoms with van der Waals surface area (Å²) in [5.41, 5.74) is -0.722. The van der Waals surface area contributed by atoms with Gasteiger partial charge < -0.3 is 0 Å². The molecule has 1 aromatic rings. The SMILES string of the molecule is CC1(C(=O)NS(=O)(=O)CCn2ccnn2)C=CCC1. The maximum Gasteiger partial charge on any atom is 0.243 e. The summed E-state index contributed by atoms with van der Waals surface area (Å²) >= 11 is 0. The number of nitrogens with one attached hydrogen (secondary N) is 1. The van der Waals surface area contributed by atoms with Crippen molar-refractivity contribution in [2.45, 2.75) is 26.3 Å². The van der Waals surface area contributed by atoms with Crippen molar-refractivity contribution in [2.75, 3.05) is 5.75 Å². The number of aromatic nitrogens is 3. The number of hydrogen-bond acceptors (Lipinski definition) is 5. The average Bonchev–Trinajstić information content (AvgIpc) is 2.97. The molecule has 1 atom stereocenters. The lowest BCUT2D eigenvalue weighted by Gasteiger charge is -2.20. The van der Waals surface area contributed by atoms with Gasteiger partial charge in [0.2, 0.25) is 15.9 Å². The number of rotatable bonds is 5. The standard InChI is InChI=1S/C11H16N4O3S/c1-11(4-2-3-5-11)10(16)13-19(17,18)9-8-15-7-6-12-14-15/h2,4,6-7H,3,5,8-9H2,1H3,(H,13,16). The van der Waals surface area contributed by atoms with Crippen molar-refractivity contribution in [3.8, 4) is 0 Å². The van der Waals surface area contributed by atoms with E-state index in [1.54, 1.807) is 19.2 Å². The lowest BCUT2D eigenvalue weighted by atomic mass is 9.90. The molecule has 104 valence electrons. The minimum Gasteiger partial charge on any atom is -0.273 e. The monoisotopic (exact) mass is 284 g/mol. The van der Waals surface area contributed by atoms with Crippen LogP contribution in [0.1, 0.15) is 19.8 Å².